The Morgan fingerprint density at radius 1 is 1.27 bits per heavy atom. The largest absolute Gasteiger partial charge is 0.333 e. The number of fused-ring (bicyclic) bond motifs is 3. The number of hydrogen-bond donors (Lipinski definition) is 2. The highest BCUT2D eigenvalue weighted by Gasteiger charge is 2.22. The molecule has 0 radical (unpaired) electrons. The van der Waals surface area contributed by atoms with E-state index in [2.05, 4.69) is 17.2 Å². The van der Waals surface area contributed by atoms with E-state index in [9.17, 15) is 14.4 Å². The van der Waals surface area contributed by atoms with Crippen LogP contribution in [0.15, 0.2) is 22.6 Å². The summed E-state index contributed by atoms with van der Waals surface area (Å²) in [5, 5.41) is 6.18. The van der Waals surface area contributed by atoms with Crippen LogP contribution in [-0.4, -0.2) is 32.8 Å². The Bertz CT molecular complexity index is 1030. The fourth-order valence-corrected chi connectivity index (χ4v) is 5.57. The van der Waals surface area contributed by atoms with E-state index in [4.69, 9.17) is 4.98 Å². The summed E-state index contributed by atoms with van der Waals surface area (Å²) < 4.78 is 1.57. The predicted octanol–water partition coefficient (Wildman–Crippen LogP) is 3.63. The summed E-state index contributed by atoms with van der Waals surface area (Å²) in [6.45, 7) is 9.58. The van der Waals surface area contributed by atoms with Gasteiger partial charge in [-0.1, -0.05) is 24.3 Å². The average Bonchev–Trinajstić information content (AvgIpc) is 2.82. The summed E-state index contributed by atoms with van der Waals surface area (Å²) in [5.74, 6) is -0.458. The first kappa shape index (κ1) is 22.6. The van der Waals surface area contributed by atoms with Gasteiger partial charge in [-0.3, -0.25) is 19.5 Å². The molecule has 0 aromatic carbocycles. The Morgan fingerprint density at radius 2 is 2.00 bits per heavy atom. The molecule has 2 aromatic heterocycles. The normalized spacial score (nSPS) is 14.1. The molecular weight excluding hydrogens is 420 g/mol. The Labute approximate surface area is 184 Å². The number of rotatable bonds is 5. The van der Waals surface area contributed by atoms with Crippen LogP contribution < -0.4 is 16.2 Å². The molecule has 1 aliphatic carbocycles. The first-order valence-electron chi connectivity index (χ1n) is 10.1. The van der Waals surface area contributed by atoms with Crippen molar-refractivity contribution in [3.05, 3.63) is 33.4 Å². The van der Waals surface area contributed by atoms with Crippen molar-refractivity contribution in [2.75, 3.05) is 5.75 Å². The molecule has 0 saturated heterocycles. The molecule has 2 N–H and O–H groups in total. The lowest BCUT2D eigenvalue weighted by molar-refractivity contribution is -0.117. The van der Waals surface area contributed by atoms with Crippen LogP contribution in [0.3, 0.4) is 0 Å². The third kappa shape index (κ3) is 5.31. The van der Waals surface area contributed by atoms with Crippen LogP contribution in [0.5, 0.6) is 0 Å². The Balaban J connectivity index is 1.84. The second-order valence-electron chi connectivity index (χ2n) is 8.38. The topological polar surface area (TPSA) is 93.1 Å². The van der Waals surface area contributed by atoms with Crippen molar-refractivity contribution in [3.63, 3.8) is 0 Å². The first-order chi connectivity index (χ1) is 14.2. The maximum absolute atomic E-state index is 13.3. The molecule has 0 atom stereocenters. The van der Waals surface area contributed by atoms with E-state index in [-0.39, 0.29) is 11.3 Å². The fraction of sp³-hybridized carbons (Fsp3) is 0.524. The van der Waals surface area contributed by atoms with Crippen LogP contribution in [0.2, 0.25) is 0 Å². The summed E-state index contributed by atoms with van der Waals surface area (Å²) >= 11 is 2.74. The van der Waals surface area contributed by atoms with Gasteiger partial charge in [0, 0.05) is 17.0 Å². The van der Waals surface area contributed by atoms with E-state index in [1.165, 1.54) is 11.3 Å². The Hall–Kier alpha value is -2.13. The summed E-state index contributed by atoms with van der Waals surface area (Å²) in [5.41, 5.74) is 0.634. The maximum atomic E-state index is 13.3. The SMILES string of the molecule is C=CCn1c(SCC(=O)NC(=O)NC(C)(C)C)nc2sc3c(c2c1=O)CCCCC3. The Kier molecular flexibility index (Phi) is 7.02. The van der Waals surface area contributed by atoms with Crippen molar-refractivity contribution in [1.29, 1.82) is 0 Å². The predicted molar refractivity (Wildman–Crippen MR) is 122 cm³/mol. The van der Waals surface area contributed by atoms with E-state index in [0.717, 1.165) is 53.2 Å². The van der Waals surface area contributed by atoms with E-state index in [1.54, 1.807) is 22.0 Å². The second-order valence-corrected chi connectivity index (χ2v) is 10.4. The quantitative estimate of drug-likeness (QED) is 0.315. The summed E-state index contributed by atoms with van der Waals surface area (Å²) in [7, 11) is 0. The Morgan fingerprint density at radius 3 is 2.70 bits per heavy atom. The lowest BCUT2D eigenvalue weighted by Crippen LogP contribution is -2.48. The monoisotopic (exact) mass is 448 g/mol. The molecule has 0 aliphatic heterocycles. The molecule has 2 heterocycles. The van der Waals surface area contributed by atoms with Crippen LogP contribution >= 0.6 is 23.1 Å². The third-order valence-corrected chi connectivity index (χ3v) is 6.84. The number of carbonyl (C=O) groups is 2. The molecule has 0 saturated carbocycles. The van der Waals surface area contributed by atoms with E-state index in [0.29, 0.717) is 11.7 Å². The van der Waals surface area contributed by atoms with Crippen LogP contribution in [-0.2, 0) is 24.2 Å². The highest BCUT2D eigenvalue weighted by molar-refractivity contribution is 7.99. The summed E-state index contributed by atoms with van der Waals surface area (Å²) in [6, 6.07) is -0.540. The van der Waals surface area contributed by atoms with Crippen LogP contribution in [0.1, 0.15) is 50.5 Å². The lowest BCUT2D eigenvalue weighted by atomic mass is 10.1. The van der Waals surface area contributed by atoms with Gasteiger partial charge in [-0.2, -0.15) is 0 Å². The highest BCUT2D eigenvalue weighted by Crippen LogP contribution is 2.34. The molecule has 3 amide bonds. The van der Waals surface area contributed by atoms with E-state index >= 15 is 0 Å². The van der Waals surface area contributed by atoms with Gasteiger partial charge in [0.1, 0.15) is 4.83 Å². The van der Waals surface area contributed by atoms with Gasteiger partial charge in [-0.05, 0) is 52.0 Å². The lowest BCUT2D eigenvalue weighted by Gasteiger charge is -2.20. The molecular formula is C21H28N4O3S2. The third-order valence-electron chi connectivity index (χ3n) is 4.68. The minimum atomic E-state index is -0.540. The number of aromatic nitrogens is 2. The number of allylic oxidation sites excluding steroid dienone is 1. The number of nitrogens with one attached hydrogen (secondary N) is 2. The molecule has 7 nitrogen and oxygen atoms in total. The molecule has 9 heteroatoms. The van der Waals surface area contributed by atoms with Gasteiger partial charge in [0.05, 0.1) is 11.1 Å². The minimum absolute atomic E-state index is 0.0161. The van der Waals surface area contributed by atoms with Crippen molar-refractivity contribution in [2.24, 2.45) is 0 Å². The van der Waals surface area contributed by atoms with Crippen molar-refractivity contribution in [2.45, 2.75) is 70.1 Å². The molecule has 3 rings (SSSR count). The van der Waals surface area contributed by atoms with Gasteiger partial charge in [-0.15, -0.1) is 17.9 Å². The number of nitrogens with zero attached hydrogens (tertiary/aromatic N) is 2. The number of aryl methyl sites for hydroxylation is 2. The summed E-state index contributed by atoms with van der Waals surface area (Å²) in [4.78, 5) is 44.1. The average molecular weight is 449 g/mol. The molecule has 162 valence electrons. The zero-order chi connectivity index (χ0) is 21.9. The number of amides is 3. The van der Waals surface area contributed by atoms with Crippen molar-refractivity contribution < 1.29 is 9.59 Å². The molecule has 0 spiro atoms. The minimum Gasteiger partial charge on any atom is -0.333 e. The van der Waals surface area contributed by atoms with E-state index in [1.807, 2.05) is 20.8 Å². The number of thiophene rings is 1. The standard InChI is InChI=1S/C21H28N4O3S2/c1-5-11-25-18(27)16-13-9-7-6-8-10-14(13)30-17(16)23-20(25)29-12-15(26)22-19(28)24-21(2,3)4/h5H,1,6-12H2,2-4H3,(H2,22,24,26,28). The smallest absolute Gasteiger partial charge is 0.321 e. The van der Waals surface area contributed by atoms with Gasteiger partial charge < -0.3 is 5.32 Å². The molecule has 0 bridgehead atoms. The van der Waals surface area contributed by atoms with Gasteiger partial charge in [0.15, 0.2) is 5.16 Å². The van der Waals surface area contributed by atoms with Gasteiger partial charge in [0.2, 0.25) is 5.91 Å². The highest BCUT2D eigenvalue weighted by atomic mass is 32.2. The zero-order valence-electron chi connectivity index (χ0n) is 17.7. The molecule has 0 unspecified atom stereocenters. The molecule has 30 heavy (non-hydrogen) atoms. The van der Waals surface area contributed by atoms with Crippen LogP contribution in [0.25, 0.3) is 10.2 Å². The number of thioether (sulfide) groups is 1. The molecule has 1 aliphatic rings. The maximum Gasteiger partial charge on any atom is 0.321 e. The van der Waals surface area contributed by atoms with Crippen molar-refractivity contribution >= 4 is 45.3 Å². The zero-order valence-corrected chi connectivity index (χ0v) is 19.3. The molecule has 0 fully saturated rings. The number of carbonyl (C=O) groups excluding carboxylic acids is 2. The van der Waals surface area contributed by atoms with Crippen LogP contribution in [0, 0.1) is 0 Å². The van der Waals surface area contributed by atoms with Gasteiger partial charge in [0.25, 0.3) is 5.56 Å². The number of hydrogen-bond acceptors (Lipinski definition) is 6. The van der Waals surface area contributed by atoms with E-state index < -0.39 is 17.5 Å². The van der Waals surface area contributed by atoms with Crippen LogP contribution in [0.4, 0.5) is 4.79 Å². The number of urea groups is 1. The summed E-state index contributed by atoms with van der Waals surface area (Å²) in [6.07, 6.45) is 6.97. The van der Waals surface area contributed by atoms with Gasteiger partial charge in [-0.25, -0.2) is 9.78 Å². The second kappa shape index (κ2) is 9.34. The molecule has 2 aromatic rings. The van der Waals surface area contributed by atoms with Gasteiger partial charge >= 0.3 is 6.03 Å². The first-order valence-corrected chi connectivity index (χ1v) is 11.9. The van der Waals surface area contributed by atoms with Crippen molar-refractivity contribution in [1.82, 2.24) is 20.2 Å². The van der Waals surface area contributed by atoms with Crippen molar-refractivity contribution in [3.8, 4) is 0 Å². The fourth-order valence-electron chi connectivity index (χ4n) is 3.46. The number of imide groups is 1.